The predicted octanol–water partition coefficient (Wildman–Crippen LogP) is 3.46. The first-order valence-corrected chi connectivity index (χ1v) is 5.38. The molecule has 0 radical (unpaired) electrons. The van der Waals surface area contributed by atoms with Gasteiger partial charge in [-0.05, 0) is 31.9 Å². The van der Waals surface area contributed by atoms with Crippen molar-refractivity contribution in [3.63, 3.8) is 0 Å². The summed E-state index contributed by atoms with van der Waals surface area (Å²) in [6, 6.07) is 8.01. The lowest BCUT2D eigenvalue weighted by molar-refractivity contribution is 0.312. The Balaban J connectivity index is 2.30. The Bertz CT molecular complexity index is 307. The smallest absolute Gasteiger partial charge is 0.121 e. The van der Waals surface area contributed by atoms with Crippen LogP contribution in [0.25, 0.3) is 0 Å². The van der Waals surface area contributed by atoms with Crippen LogP contribution < -0.4 is 10.1 Å². The maximum Gasteiger partial charge on any atom is 0.121 e. The molecule has 0 atom stereocenters. The normalized spacial score (nSPS) is 10.5. The molecule has 82 valence electrons. The highest BCUT2D eigenvalue weighted by molar-refractivity contribution is 5.47. The molecule has 0 heterocycles. The zero-order chi connectivity index (χ0) is 10.9. The Morgan fingerprint density at radius 2 is 2.27 bits per heavy atom. The number of hydrogen-bond donors (Lipinski definition) is 1. The van der Waals surface area contributed by atoms with Gasteiger partial charge in [0.2, 0.25) is 0 Å². The van der Waals surface area contributed by atoms with Gasteiger partial charge in [0.1, 0.15) is 5.75 Å². The second kappa shape index (κ2) is 6.93. The van der Waals surface area contributed by atoms with E-state index in [1.807, 2.05) is 38.2 Å². The van der Waals surface area contributed by atoms with Crippen molar-refractivity contribution in [2.75, 3.05) is 19.0 Å². The van der Waals surface area contributed by atoms with Crippen LogP contribution in [0.5, 0.6) is 5.75 Å². The number of anilines is 1. The molecule has 0 aliphatic rings. The molecule has 0 bridgehead atoms. The predicted molar refractivity (Wildman–Crippen MR) is 65.5 cm³/mol. The van der Waals surface area contributed by atoms with E-state index in [1.54, 1.807) is 0 Å². The molecule has 0 unspecified atom stereocenters. The van der Waals surface area contributed by atoms with Gasteiger partial charge in [-0.2, -0.15) is 0 Å². The van der Waals surface area contributed by atoms with Crippen molar-refractivity contribution < 1.29 is 4.74 Å². The number of hydrogen-bond acceptors (Lipinski definition) is 2. The van der Waals surface area contributed by atoms with E-state index in [2.05, 4.69) is 17.5 Å². The quantitative estimate of drug-likeness (QED) is 0.567. The lowest BCUT2D eigenvalue weighted by atomic mass is 10.3. The third kappa shape index (κ3) is 4.54. The van der Waals surface area contributed by atoms with Crippen LogP contribution in [0.2, 0.25) is 0 Å². The average molecular weight is 205 g/mol. The molecule has 0 aliphatic heterocycles. The van der Waals surface area contributed by atoms with E-state index >= 15 is 0 Å². The van der Waals surface area contributed by atoms with Crippen LogP contribution in [0.3, 0.4) is 0 Å². The second-order valence-corrected chi connectivity index (χ2v) is 3.34. The Morgan fingerprint density at radius 3 is 3.00 bits per heavy atom. The molecular formula is C13H19NO. The summed E-state index contributed by atoms with van der Waals surface area (Å²) in [5.74, 6) is 0.933. The fraction of sp³-hybridized carbons (Fsp3) is 0.385. The molecule has 0 fully saturated rings. The summed E-state index contributed by atoms with van der Waals surface area (Å²) >= 11 is 0. The van der Waals surface area contributed by atoms with E-state index < -0.39 is 0 Å². The molecule has 1 aromatic rings. The van der Waals surface area contributed by atoms with Crippen LogP contribution in [0, 0.1) is 0 Å². The third-order valence-electron chi connectivity index (χ3n) is 2.14. The summed E-state index contributed by atoms with van der Waals surface area (Å²) in [6.45, 7) is 2.81. The van der Waals surface area contributed by atoms with Gasteiger partial charge in [-0.3, -0.25) is 0 Å². The highest BCUT2D eigenvalue weighted by Gasteiger charge is 1.94. The molecule has 0 aliphatic carbocycles. The summed E-state index contributed by atoms with van der Waals surface area (Å²) in [4.78, 5) is 0. The monoisotopic (exact) mass is 205 g/mol. The molecule has 0 saturated heterocycles. The van der Waals surface area contributed by atoms with Gasteiger partial charge in [-0.1, -0.05) is 18.2 Å². The van der Waals surface area contributed by atoms with Crippen molar-refractivity contribution in [3.8, 4) is 5.75 Å². The van der Waals surface area contributed by atoms with Crippen LogP contribution in [-0.4, -0.2) is 13.7 Å². The molecule has 0 spiro atoms. The highest BCUT2D eigenvalue weighted by atomic mass is 16.5. The molecule has 1 N–H and O–H groups in total. The summed E-state index contributed by atoms with van der Waals surface area (Å²) in [5.41, 5.74) is 1.08. The van der Waals surface area contributed by atoms with Gasteiger partial charge in [0, 0.05) is 18.8 Å². The first kappa shape index (κ1) is 11.6. The van der Waals surface area contributed by atoms with E-state index in [1.165, 1.54) is 0 Å². The SMILES string of the molecule is CC=CCCCOc1cccc(NC)c1. The van der Waals surface area contributed by atoms with Gasteiger partial charge < -0.3 is 10.1 Å². The molecule has 0 amide bonds. The number of ether oxygens (including phenoxy) is 1. The van der Waals surface area contributed by atoms with Crippen LogP contribution in [0.1, 0.15) is 19.8 Å². The number of allylic oxidation sites excluding steroid dienone is 2. The van der Waals surface area contributed by atoms with Gasteiger partial charge >= 0.3 is 0 Å². The van der Waals surface area contributed by atoms with Crippen LogP contribution in [-0.2, 0) is 0 Å². The van der Waals surface area contributed by atoms with E-state index in [0.717, 1.165) is 30.9 Å². The first-order valence-electron chi connectivity index (χ1n) is 5.38. The van der Waals surface area contributed by atoms with Crippen LogP contribution >= 0.6 is 0 Å². The molecule has 0 aromatic heterocycles. The third-order valence-corrected chi connectivity index (χ3v) is 2.14. The molecule has 15 heavy (non-hydrogen) atoms. The van der Waals surface area contributed by atoms with Crippen molar-refractivity contribution in [1.82, 2.24) is 0 Å². The largest absolute Gasteiger partial charge is 0.494 e. The van der Waals surface area contributed by atoms with Crippen molar-refractivity contribution >= 4 is 5.69 Å². The van der Waals surface area contributed by atoms with Gasteiger partial charge in [0.25, 0.3) is 0 Å². The van der Waals surface area contributed by atoms with Gasteiger partial charge in [0.05, 0.1) is 6.61 Å². The molecule has 2 nitrogen and oxygen atoms in total. The van der Waals surface area contributed by atoms with Crippen molar-refractivity contribution in [2.24, 2.45) is 0 Å². The topological polar surface area (TPSA) is 21.3 Å². The maximum absolute atomic E-state index is 5.62. The summed E-state index contributed by atoms with van der Waals surface area (Å²) in [7, 11) is 1.91. The average Bonchev–Trinajstić information content (AvgIpc) is 2.29. The molecule has 1 aromatic carbocycles. The second-order valence-electron chi connectivity index (χ2n) is 3.34. The Labute approximate surface area is 92.0 Å². The number of benzene rings is 1. The standard InChI is InChI=1S/C13H19NO/c1-3-4-5-6-10-15-13-9-7-8-12(11-13)14-2/h3-4,7-9,11,14H,5-6,10H2,1-2H3. The van der Waals surface area contributed by atoms with Gasteiger partial charge in [0.15, 0.2) is 0 Å². The fourth-order valence-electron chi connectivity index (χ4n) is 1.30. The number of unbranched alkanes of at least 4 members (excludes halogenated alkanes) is 1. The van der Waals surface area contributed by atoms with Gasteiger partial charge in [-0.25, -0.2) is 0 Å². The lowest BCUT2D eigenvalue weighted by Crippen LogP contribution is -1.97. The minimum Gasteiger partial charge on any atom is -0.494 e. The van der Waals surface area contributed by atoms with E-state index in [-0.39, 0.29) is 0 Å². The number of nitrogens with one attached hydrogen (secondary N) is 1. The van der Waals surface area contributed by atoms with Crippen LogP contribution in [0.4, 0.5) is 5.69 Å². The lowest BCUT2D eigenvalue weighted by Gasteiger charge is -2.06. The molecular weight excluding hydrogens is 186 g/mol. The zero-order valence-electron chi connectivity index (χ0n) is 9.49. The van der Waals surface area contributed by atoms with E-state index in [4.69, 9.17) is 4.74 Å². The highest BCUT2D eigenvalue weighted by Crippen LogP contribution is 2.16. The Hall–Kier alpha value is -1.44. The van der Waals surface area contributed by atoms with Crippen molar-refractivity contribution in [2.45, 2.75) is 19.8 Å². The number of rotatable bonds is 6. The minimum atomic E-state index is 0.775. The van der Waals surface area contributed by atoms with E-state index in [9.17, 15) is 0 Å². The van der Waals surface area contributed by atoms with Crippen molar-refractivity contribution in [1.29, 1.82) is 0 Å². The van der Waals surface area contributed by atoms with Crippen molar-refractivity contribution in [3.05, 3.63) is 36.4 Å². The first-order chi connectivity index (χ1) is 7.36. The molecule has 2 heteroatoms. The fourth-order valence-corrected chi connectivity index (χ4v) is 1.30. The maximum atomic E-state index is 5.62. The van der Waals surface area contributed by atoms with Gasteiger partial charge in [-0.15, -0.1) is 0 Å². The zero-order valence-corrected chi connectivity index (χ0v) is 9.49. The Morgan fingerprint density at radius 1 is 1.40 bits per heavy atom. The summed E-state index contributed by atoms with van der Waals surface area (Å²) in [6.07, 6.45) is 6.38. The Kier molecular flexibility index (Phi) is 5.38. The summed E-state index contributed by atoms with van der Waals surface area (Å²) in [5, 5.41) is 3.09. The summed E-state index contributed by atoms with van der Waals surface area (Å²) < 4.78 is 5.62. The molecule has 0 saturated carbocycles. The van der Waals surface area contributed by atoms with E-state index in [0.29, 0.717) is 0 Å². The minimum absolute atomic E-state index is 0.775. The molecule has 1 rings (SSSR count). The van der Waals surface area contributed by atoms with Crippen LogP contribution in [0.15, 0.2) is 36.4 Å².